The van der Waals surface area contributed by atoms with Gasteiger partial charge in [-0.2, -0.15) is 0 Å². The second kappa shape index (κ2) is 9.61. The first-order chi connectivity index (χ1) is 13.5. The fourth-order valence-electron chi connectivity index (χ4n) is 3.29. The molecule has 2 aromatic rings. The highest BCUT2D eigenvalue weighted by Crippen LogP contribution is 2.23. The summed E-state index contributed by atoms with van der Waals surface area (Å²) < 4.78 is 0.950. The van der Waals surface area contributed by atoms with Crippen molar-refractivity contribution in [3.05, 3.63) is 29.3 Å². The lowest BCUT2D eigenvalue weighted by Gasteiger charge is -2.24. The first-order valence-corrected chi connectivity index (χ1v) is 10.3. The first-order valence-electron chi connectivity index (χ1n) is 9.53. The molecule has 0 bridgehead atoms. The minimum Gasteiger partial charge on any atom is -0.370 e. The van der Waals surface area contributed by atoms with Crippen molar-refractivity contribution in [3.63, 3.8) is 0 Å². The van der Waals surface area contributed by atoms with E-state index in [2.05, 4.69) is 20.9 Å². The molecule has 1 amide bonds. The molecule has 1 fully saturated rings. The molecule has 3 rings (SSSR count). The fraction of sp³-hybridized carbons (Fsp3) is 0.474. The van der Waals surface area contributed by atoms with Crippen LogP contribution < -0.4 is 21.7 Å². The van der Waals surface area contributed by atoms with Crippen LogP contribution in [-0.2, 0) is 4.79 Å². The van der Waals surface area contributed by atoms with Gasteiger partial charge in [0.15, 0.2) is 11.0 Å². The van der Waals surface area contributed by atoms with Gasteiger partial charge in [-0.3, -0.25) is 15.0 Å². The summed E-state index contributed by atoms with van der Waals surface area (Å²) in [6, 6.07) is 6.97. The number of carbonyl (C=O) groups excluding carboxylic acids is 2. The summed E-state index contributed by atoms with van der Waals surface area (Å²) in [5, 5.41) is 16.5. The van der Waals surface area contributed by atoms with Gasteiger partial charge in [-0.05, 0) is 44.4 Å². The second-order valence-corrected chi connectivity index (χ2v) is 7.97. The Kier molecular flexibility index (Phi) is 6.94. The number of benzene rings is 1. The standard InChI is InChI=1S/C19H26N6O2S/c20-19(21)23-10-4-7-14(24-17(27)12-5-3-9-22-11-12)16(26)18-25-13-6-1-2-8-15(13)28-18/h1-2,6,8,12,14,22H,3-5,7,9-11H2,(H,24,27)(H4,20,21,23)/t12-,14-/m0/s1. The summed E-state index contributed by atoms with van der Waals surface area (Å²) in [4.78, 5) is 30.2. The molecule has 0 saturated carbocycles. The highest BCUT2D eigenvalue weighted by molar-refractivity contribution is 7.20. The molecule has 0 aliphatic carbocycles. The molecule has 1 aromatic heterocycles. The number of aromatic nitrogens is 1. The molecule has 6 N–H and O–H groups in total. The second-order valence-electron chi connectivity index (χ2n) is 6.94. The minimum atomic E-state index is -0.635. The van der Waals surface area contributed by atoms with E-state index in [-0.39, 0.29) is 23.6 Å². The van der Waals surface area contributed by atoms with Crippen molar-refractivity contribution in [2.45, 2.75) is 31.7 Å². The first kappa shape index (κ1) is 20.2. The smallest absolute Gasteiger partial charge is 0.224 e. The number of nitrogens with one attached hydrogen (secondary N) is 4. The van der Waals surface area contributed by atoms with Crippen LogP contribution in [0.15, 0.2) is 24.3 Å². The molecule has 1 aliphatic heterocycles. The maximum Gasteiger partial charge on any atom is 0.224 e. The van der Waals surface area contributed by atoms with Crippen molar-refractivity contribution in [1.29, 1.82) is 5.41 Å². The van der Waals surface area contributed by atoms with Gasteiger partial charge in [0.05, 0.1) is 22.2 Å². The summed E-state index contributed by atoms with van der Waals surface area (Å²) in [5.41, 5.74) is 6.09. The summed E-state index contributed by atoms with van der Waals surface area (Å²) in [6.45, 7) is 2.04. The van der Waals surface area contributed by atoms with Crippen LogP contribution in [0.2, 0.25) is 0 Å². The number of ketones is 1. The molecule has 150 valence electrons. The SMILES string of the molecule is N=C(N)NCCC[C@H](NC(=O)[C@H]1CCCNC1)C(=O)c1nc2ccccc2s1. The number of nitrogens with two attached hydrogens (primary N) is 1. The Morgan fingerprint density at radius 1 is 1.39 bits per heavy atom. The van der Waals surface area contributed by atoms with Crippen LogP contribution in [-0.4, -0.2) is 48.3 Å². The number of para-hydroxylation sites is 1. The van der Waals surface area contributed by atoms with Crippen molar-refractivity contribution in [3.8, 4) is 0 Å². The van der Waals surface area contributed by atoms with E-state index in [4.69, 9.17) is 11.1 Å². The lowest BCUT2D eigenvalue weighted by molar-refractivity contribution is -0.126. The zero-order chi connectivity index (χ0) is 19.9. The van der Waals surface area contributed by atoms with E-state index in [0.29, 0.717) is 30.9 Å². The zero-order valence-electron chi connectivity index (χ0n) is 15.7. The average molecular weight is 403 g/mol. The van der Waals surface area contributed by atoms with Crippen LogP contribution in [0.4, 0.5) is 0 Å². The number of thiazole rings is 1. The van der Waals surface area contributed by atoms with E-state index in [9.17, 15) is 9.59 Å². The van der Waals surface area contributed by atoms with Crippen LogP contribution in [0, 0.1) is 11.3 Å². The maximum absolute atomic E-state index is 13.1. The van der Waals surface area contributed by atoms with Gasteiger partial charge < -0.3 is 21.7 Å². The van der Waals surface area contributed by atoms with Gasteiger partial charge in [-0.15, -0.1) is 11.3 Å². The van der Waals surface area contributed by atoms with Crippen LogP contribution in [0.25, 0.3) is 10.2 Å². The zero-order valence-corrected chi connectivity index (χ0v) is 16.5. The van der Waals surface area contributed by atoms with Crippen molar-refractivity contribution in [2.75, 3.05) is 19.6 Å². The fourth-order valence-corrected chi connectivity index (χ4v) is 4.25. The van der Waals surface area contributed by atoms with Gasteiger partial charge in [0.25, 0.3) is 0 Å². The third-order valence-corrected chi connectivity index (χ3v) is 5.84. The Morgan fingerprint density at radius 2 is 2.21 bits per heavy atom. The van der Waals surface area contributed by atoms with Gasteiger partial charge in [0, 0.05) is 13.1 Å². The Hall–Kier alpha value is -2.52. The highest BCUT2D eigenvalue weighted by Gasteiger charge is 2.28. The summed E-state index contributed by atoms with van der Waals surface area (Å²) in [5.74, 6) is -0.478. The number of fused-ring (bicyclic) bond motifs is 1. The van der Waals surface area contributed by atoms with Crippen molar-refractivity contribution < 1.29 is 9.59 Å². The van der Waals surface area contributed by atoms with Gasteiger partial charge in [-0.1, -0.05) is 12.1 Å². The number of piperidine rings is 1. The Balaban J connectivity index is 1.70. The third kappa shape index (κ3) is 5.26. The Bertz CT molecular complexity index is 813. The Labute approximate surface area is 167 Å². The van der Waals surface area contributed by atoms with E-state index in [1.54, 1.807) is 0 Å². The summed E-state index contributed by atoms with van der Waals surface area (Å²) in [6.07, 6.45) is 2.84. The van der Waals surface area contributed by atoms with Crippen LogP contribution in [0.5, 0.6) is 0 Å². The predicted octanol–water partition coefficient (Wildman–Crippen LogP) is 1.23. The number of hydrogen-bond acceptors (Lipinski definition) is 6. The number of rotatable bonds is 8. The molecule has 28 heavy (non-hydrogen) atoms. The van der Waals surface area contributed by atoms with Gasteiger partial charge in [0.1, 0.15) is 0 Å². The lowest BCUT2D eigenvalue weighted by Crippen LogP contribution is -2.47. The van der Waals surface area contributed by atoms with Gasteiger partial charge in [-0.25, -0.2) is 4.98 Å². The molecule has 1 aliphatic rings. The van der Waals surface area contributed by atoms with Gasteiger partial charge in [0.2, 0.25) is 11.7 Å². The molecule has 1 aromatic carbocycles. The van der Waals surface area contributed by atoms with E-state index in [0.717, 1.165) is 29.6 Å². The predicted molar refractivity (Wildman–Crippen MR) is 111 cm³/mol. The molecule has 2 heterocycles. The third-order valence-electron chi connectivity index (χ3n) is 4.79. The molecule has 8 nitrogen and oxygen atoms in total. The number of carbonyl (C=O) groups is 2. The number of amides is 1. The number of Topliss-reactive ketones (excluding diaryl/α,β-unsaturated/α-hetero) is 1. The normalized spacial score (nSPS) is 17.8. The molecular formula is C19H26N6O2S. The molecule has 2 atom stereocenters. The van der Waals surface area contributed by atoms with Crippen molar-refractivity contribution in [1.82, 2.24) is 20.9 Å². The van der Waals surface area contributed by atoms with E-state index < -0.39 is 6.04 Å². The molecule has 1 saturated heterocycles. The van der Waals surface area contributed by atoms with Crippen LogP contribution in [0.1, 0.15) is 35.5 Å². The average Bonchev–Trinajstić information content (AvgIpc) is 3.14. The summed E-state index contributed by atoms with van der Waals surface area (Å²) >= 11 is 1.35. The largest absolute Gasteiger partial charge is 0.370 e. The van der Waals surface area contributed by atoms with Crippen molar-refractivity contribution >= 4 is 39.2 Å². The topological polar surface area (TPSA) is 133 Å². The number of guanidine groups is 1. The summed E-state index contributed by atoms with van der Waals surface area (Å²) in [7, 11) is 0. The van der Waals surface area contributed by atoms with E-state index in [1.165, 1.54) is 11.3 Å². The van der Waals surface area contributed by atoms with Gasteiger partial charge >= 0.3 is 0 Å². The van der Waals surface area contributed by atoms with Crippen LogP contribution in [0.3, 0.4) is 0 Å². The Morgan fingerprint density at radius 3 is 2.93 bits per heavy atom. The van der Waals surface area contributed by atoms with E-state index in [1.807, 2.05) is 24.3 Å². The molecule has 0 unspecified atom stereocenters. The molecular weight excluding hydrogens is 376 g/mol. The monoisotopic (exact) mass is 402 g/mol. The van der Waals surface area contributed by atoms with Crippen LogP contribution >= 0.6 is 11.3 Å². The van der Waals surface area contributed by atoms with Crippen molar-refractivity contribution in [2.24, 2.45) is 11.7 Å². The molecule has 0 spiro atoms. The maximum atomic E-state index is 13.1. The quantitative estimate of drug-likeness (QED) is 0.195. The molecule has 9 heteroatoms. The van der Waals surface area contributed by atoms with E-state index >= 15 is 0 Å². The highest BCUT2D eigenvalue weighted by atomic mass is 32.1. The lowest BCUT2D eigenvalue weighted by atomic mass is 9.97. The molecule has 0 radical (unpaired) electrons. The number of hydrogen-bond donors (Lipinski definition) is 5. The number of nitrogens with zero attached hydrogens (tertiary/aromatic N) is 1. The minimum absolute atomic E-state index is 0.0915.